The Morgan fingerprint density at radius 2 is 1.41 bits per heavy atom. The summed E-state index contributed by atoms with van der Waals surface area (Å²) in [6.07, 6.45) is 3.56. The van der Waals surface area contributed by atoms with Gasteiger partial charge in [-0.25, -0.2) is 8.42 Å². The Hall–Kier alpha value is -3.18. The summed E-state index contributed by atoms with van der Waals surface area (Å²) in [7, 11) is -3.42. The van der Waals surface area contributed by atoms with Crippen LogP contribution in [0.2, 0.25) is 0 Å². The van der Waals surface area contributed by atoms with Crippen LogP contribution in [0.4, 0.5) is 11.4 Å². The average molecular weight is 421 g/mol. The highest BCUT2D eigenvalue weighted by atomic mass is 32.2. The number of aldehydes is 1. The van der Waals surface area contributed by atoms with E-state index in [4.69, 9.17) is 0 Å². The van der Waals surface area contributed by atoms with Gasteiger partial charge in [0.1, 0.15) is 6.29 Å². The molecule has 0 spiro atoms. The standard InChI is InChI=1S/C12H15NO3S.C6H4N2O4/c14-10-11-5-4-6-12(9-11)17(15,16)13-7-2-1-3-8-13;9-7(10)5-3-1-2-4-6(5)8(11)12/h4-6,9-10H,1-3,7-8H2;1-4H. The van der Waals surface area contributed by atoms with Crippen LogP contribution < -0.4 is 0 Å². The molecule has 1 saturated heterocycles. The van der Waals surface area contributed by atoms with Crippen LogP contribution in [-0.2, 0) is 10.0 Å². The van der Waals surface area contributed by atoms with Gasteiger partial charge in [0, 0.05) is 30.8 Å². The first-order valence-electron chi connectivity index (χ1n) is 8.70. The van der Waals surface area contributed by atoms with E-state index < -0.39 is 31.2 Å². The minimum Gasteiger partial charge on any atom is -0.298 e. The maximum Gasteiger partial charge on any atom is 0.346 e. The van der Waals surface area contributed by atoms with Gasteiger partial charge in [0.25, 0.3) is 0 Å². The predicted octanol–water partition coefficient (Wildman–Crippen LogP) is 3.18. The highest BCUT2D eigenvalue weighted by Gasteiger charge is 2.25. The molecule has 154 valence electrons. The van der Waals surface area contributed by atoms with Gasteiger partial charge in [0.05, 0.1) is 14.7 Å². The number of benzene rings is 2. The molecule has 0 amide bonds. The van der Waals surface area contributed by atoms with Crippen LogP contribution in [0.1, 0.15) is 29.6 Å². The molecular weight excluding hydrogens is 402 g/mol. The Morgan fingerprint density at radius 1 is 0.862 bits per heavy atom. The van der Waals surface area contributed by atoms with Crippen molar-refractivity contribution in [3.8, 4) is 0 Å². The summed E-state index contributed by atoms with van der Waals surface area (Å²) in [6.45, 7) is 1.15. The van der Waals surface area contributed by atoms with E-state index in [2.05, 4.69) is 0 Å². The number of piperidine rings is 1. The molecule has 0 aromatic heterocycles. The van der Waals surface area contributed by atoms with Crippen molar-refractivity contribution in [3.63, 3.8) is 0 Å². The number of nitro groups is 2. The van der Waals surface area contributed by atoms with Crippen LogP contribution in [-0.4, -0.2) is 41.9 Å². The molecule has 3 rings (SSSR count). The lowest BCUT2D eigenvalue weighted by Crippen LogP contribution is -2.35. The number of hydrogen-bond donors (Lipinski definition) is 0. The van der Waals surface area contributed by atoms with Gasteiger partial charge in [-0.2, -0.15) is 4.31 Å². The van der Waals surface area contributed by atoms with Gasteiger partial charge in [-0.3, -0.25) is 25.0 Å². The maximum atomic E-state index is 12.3. The van der Waals surface area contributed by atoms with Crippen molar-refractivity contribution in [3.05, 3.63) is 74.3 Å². The van der Waals surface area contributed by atoms with Crippen molar-refractivity contribution in [2.45, 2.75) is 24.2 Å². The van der Waals surface area contributed by atoms with Crippen LogP contribution in [0, 0.1) is 20.2 Å². The van der Waals surface area contributed by atoms with Crippen molar-refractivity contribution in [1.29, 1.82) is 0 Å². The number of sulfonamides is 1. The summed E-state index contributed by atoms with van der Waals surface area (Å²) in [5.41, 5.74) is -0.576. The molecule has 1 aliphatic heterocycles. The molecule has 1 aliphatic rings. The summed E-state index contributed by atoms with van der Waals surface area (Å²) in [5, 5.41) is 20.5. The van der Waals surface area contributed by atoms with Crippen LogP contribution in [0.5, 0.6) is 0 Å². The quantitative estimate of drug-likeness (QED) is 0.410. The first-order chi connectivity index (χ1) is 13.8. The average Bonchev–Trinajstić information content (AvgIpc) is 2.74. The zero-order chi connectivity index (χ0) is 21.4. The molecule has 0 aliphatic carbocycles. The molecule has 2 aromatic rings. The van der Waals surface area contributed by atoms with Crippen molar-refractivity contribution in [2.75, 3.05) is 13.1 Å². The Balaban J connectivity index is 0.000000221. The van der Waals surface area contributed by atoms with E-state index in [0.717, 1.165) is 31.4 Å². The van der Waals surface area contributed by atoms with Crippen LogP contribution in [0.3, 0.4) is 0 Å². The topological polar surface area (TPSA) is 141 Å². The van der Waals surface area contributed by atoms with Gasteiger partial charge in [-0.15, -0.1) is 0 Å². The predicted molar refractivity (Wildman–Crippen MR) is 104 cm³/mol. The van der Waals surface area contributed by atoms with Gasteiger partial charge >= 0.3 is 11.4 Å². The molecule has 10 nitrogen and oxygen atoms in total. The molecule has 0 radical (unpaired) electrons. The Kier molecular flexibility index (Phi) is 7.51. The number of hydrogen-bond acceptors (Lipinski definition) is 7. The smallest absolute Gasteiger partial charge is 0.298 e. The molecule has 0 bridgehead atoms. The summed E-state index contributed by atoms with van der Waals surface area (Å²) < 4.78 is 26.0. The largest absolute Gasteiger partial charge is 0.346 e. The number of rotatable bonds is 5. The lowest BCUT2D eigenvalue weighted by molar-refractivity contribution is -0.422. The molecular formula is C18H19N3O7S. The summed E-state index contributed by atoms with van der Waals surface area (Å²) in [6, 6.07) is 11.1. The van der Waals surface area contributed by atoms with Crippen molar-refractivity contribution in [1.82, 2.24) is 4.31 Å². The third-order valence-electron chi connectivity index (χ3n) is 4.22. The molecule has 0 unspecified atom stereocenters. The third-order valence-corrected chi connectivity index (χ3v) is 6.12. The Morgan fingerprint density at radius 3 is 1.90 bits per heavy atom. The van der Waals surface area contributed by atoms with Gasteiger partial charge in [-0.1, -0.05) is 30.7 Å². The number of carbonyl (C=O) groups excluding carboxylic acids is 1. The van der Waals surface area contributed by atoms with Crippen molar-refractivity contribution >= 4 is 27.7 Å². The minimum atomic E-state index is -3.42. The fourth-order valence-corrected chi connectivity index (χ4v) is 4.35. The fourth-order valence-electron chi connectivity index (χ4n) is 2.78. The number of nitrogens with zero attached hydrogens (tertiary/aromatic N) is 3. The van der Waals surface area contributed by atoms with Crippen molar-refractivity contribution in [2.24, 2.45) is 0 Å². The number of para-hydroxylation sites is 2. The van der Waals surface area contributed by atoms with Gasteiger partial charge < -0.3 is 0 Å². The third kappa shape index (κ3) is 5.65. The Labute approximate surface area is 167 Å². The van der Waals surface area contributed by atoms with E-state index in [1.807, 2.05) is 0 Å². The SMILES string of the molecule is O=Cc1cccc(S(=O)(=O)N2CCCCC2)c1.O=[N+]([O-])c1ccccc1[N+](=O)[O-]. The van der Waals surface area contributed by atoms with E-state index in [9.17, 15) is 33.4 Å². The number of nitro benzene ring substituents is 2. The van der Waals surface area contributed by atoms with E-state index in [1.54, 1.807) is 12.1 Å². The van der Waals surface area contributed by atoms with E-state index >= 15 is 0 Å². The Bertz CT molecular complexity index is 969. The lowest BCUT2D eigenvalue weighted by Gasteiger charge is -2.25. The molecule has 1 heterocycles. The van der Waals surface area contributed by atoms with Gasteiger partial charge in [0.15, 0.2) is 0 Å². The summed E-state index contributed by atoms with van der Waals surface area (Å²) >= 11 is 0. The lowest BCUT2D eigenvalue weighted by atomic mass is 10.2. The summed E-state index contributed by atoms with van der Waals surface area (Å²) in [5.74, 6) is 0. The van der Waals surface area contributed by atoms with E-state index in [0.29, 0.717) is 24.9 Å². The molecule has 29 heavy (non-hydrogen) atoms. The molecule has 11 heteroatoms. The van der Waals surface area contributed by atoms with Crippen LogP contribution in [0.15, 0.2) is 53.4 Å². The highest BCUT2D eigenvalue weighted by Crippen LogP contribution is 2.24. The van der Waals surface area contributed by atoms with Crippen LogP contribution in [0.25, 0.3) is 0 Å². The summed E-state index contributed by atoms with van der Waals surface area (Å²) in [4.78, 5) is 29.8. The van der Waals surface area contributed by atoms with Gasteiger partial charge in [-0.05, 0) is 25.0 Å². The molecule has 0 atom stereocenters. The first-order valence-corrected chi connectivity index (χ1v) is 10.1. The fraction of sp³-hybridized carbons (Fsp3) is 0.278. The molecule has 2 aromatic carbocycles. The van der Waals surface area contributed by atoms with Crippen molar-refractivity contribution < 1.29 is 23.1 Å². The normalized spacial score (nSPS) is 14.3. The molecule has 1 fully saturated rings. The maximum absolute atomic E-state index is 12.3. The highest BCUT2D eigenvalue weighted by molar-refractivity contribution is 7.89. The second-order valence-electron chi connectivity index (χ2n) is 6.16. The van der Waals surface area contributed by atoms with Gasteiger partial charge in [0.2, 0.25) is 10.0 Å². The minimum absolute atomic E-state index is 0.212. The first kappa shape index (κ1) is 22.1. The molecule has 0 N–H and O–H groups in total. The second kappa shape index (κ2) is 9.85. The van der Waals surface area contributed by atoms with Crippen LogP contribution >= 0.6 is 0 Å². The zero-order valence-electron chi connectivity index (χ0n) is 15.3. The molecule has 0 saturated carbocycles. The van der Waals surface area contributed by atoms with E-state index in [-0.39, 0.29) is 4.90 Å². The number of carbonyl (C=O) groups is 1. The zero-order valence-corrected chi connectivity index (χ0v) is 16.2. The van der Waals surface area contributed by atoms with E-state index in [1.165, 1.54) is 28.6 Å². The monoisotopic (exact) mass is 421 g/mol. The second-order valence-corrected chi connectivity index (χ2v) is 8.10.